The van der Waals surface area contributed by atoms with E-state index in [2.05, 4.69) is 20.8 Å². The number of likely N-dealkylation sites (tertiary alicyclic amines) is 1. The zero-order chi connectivity index (χ0) is 13.1. The van der Waals surface area contributed by atoms with Crippen molar-refractivity contribution in [2.45, 2.75) is 76.7 Å². The smallest absolute Gasteiger partial charge is 0.0124 e. The highest BCUT2D eigenvalue weighted by Gasteiger charge is 2.40. The minimum atomic E-state index is 0.600. The molecule has 1 heterocycles. The molecule has 2 aliphatic carbocycles. The van der Waals surface area contributed by atoms with Crippen molar-refractivity contribution in [2.75, 3.05) is 18.4 Å². The second-order valence-corrected chi connectivity index (χ2v) is 7.98. The third-order valence-electron chi connectivity index (χ3n) is 6.11. The first kappa shape index (κ1) is 14.4. The van der Waals surface area contributed by atoms with Crippen LogP contribution in [0.25, 0.3) is 0 Å². The van der Waals surface area contributed by atoms with Gasteiger partial charge in [0.25, 0.3) is 0 Å². The Labute approximate surface area is 127 Å². The molecule has 2 saturated carbocycles. The molecule has 0 aromatic rings. The fourth-order valence-corrected chi connectivity index (χ4v) is 5.68. The van der Waals surface area contributed by atoms with Crippen molar-refractivity contribution in [3.05, 3.63) is 0 Å². The van der Waals surface area contributed by atoms with Gasteiger partial charge in [-0.2, -0.15) is 0 Å². The average molecular weight is 328 g/mol. The predicted octanol–water partition coefficient (Wildman–Crippen LogP) is 4.99. The second-order valence-electron chi connectivity index (χ2n) is 7.42. The van der Waals surface area contributed by atoms with Crippen LogP contribution in [0.5, 0.6) is 0 Å². The maximum atomic E-state index is 3.87. The average Bonchev–Trinajstić information content (AvgIpc) is 2.70. The molecule has 0 spiro atoms. The summed E-state index contributed by atoms with van der Waals surface area (Å²) < 4.78 is 0. The van der Waals surface area contributed by atoms with Crippen LogP contribution in [0.2, 0.25) is 0 Å². The van der Waals surface area contributed by atoms with E-state index in [0.29, 0.717) is 5.41 Å². The molecule has 1 nitrogen and oxygen atoms in total. The van der Waals surface area contributed by atoms with Gasteiger partial charge in [-0.15, -0.1) is 0 Å². The van der Waals surface area contributed by atoms with Gasteiger partial charge >= 0.3 is 0 Å². The van der Waals surface area contributed by atoms with Crippen LogP contribution in [0.1, 0.15) is 70.6 Å². The third-order valence-corrected chi connectivity index (χ3v) is 7.30. The standard InChI is InChI=1S/C17H30BrN/c18-13-17(10-5-1-2-6-11-17)14-19-12-9-15-7-3-4-8-16(15)19/h15-16H,1-14H2. The van der Waals surface area contributed by atoms with Gasteiger partial charge in [-0.05, 0) is 50.0 Å². The van der Waals surface area contributed by atoms with Crippen molar-refractivity contribution < 1.29 is 0 Å². The minimum absolute atomic E-state index is 0.600. The largest absolute Gasteiger partial charge is 0.300 e. The SMILES string of the molecule is BrCC1(CN2CCC3CCCCC32)CCCCCC1. The monoisotopic (exact) mass is 327 g/mol. The highest BCUT2D eigenvalue weighted by molar-refractivity contribution is 9.09. The molecular weight excluding hydrogens is 298 g/mol. The van der Waals surface area contributed by atoms with Gasteiger partial charge in [0.2, 0.25) is 0 Å². The molecule has 3 aliphatic rings. The molecule has 0 amide bonds. The Morgan fingerprint density at radius 1 is 0.895 bits per heavy atom. The number of hydrogen-bond donors (Lipinski definition) is 0. The van der Waals surface area contributed by atoms with Crippen molar-refractivity contribution in [1.82, 2.24) is 4.90 Å². The number of alkyl halides is 1. The van der Waals surface area contributed by atoms with Crippen LogP contribution in [0.4, 0.5) is 0 Å². The molecular formula is C17H30BrN. The van der Waals surface area contributed by atoms with Crippen LogP contribution in [0, 0.1) is 11.3 Å². The lowest BCUT2D eigenvalue weighted by atomic mass is 9.80. The van der Waals surface area contributed by atoms with Gasteiger partial charge in [-0.1, -0.05) is 54.5 Å². The summed E-state index contributed by atoms with van der Waals surface area (Å²) in [6, 6.07) is 0.952. The zero-order valence-corrected chi connectivity index (χ0v) is 14.0. The Balaban J connectivity index is 1.65. The molecule has 19 heavy (non-hydrogen) atoms. The van der Waals surface area contributed by atoms with Crippen LogP contribution in [0.15, 0.2) is 0 Å². The summed E-state index contributed by atoms with van der Waals surface area (Å²) in [7, 11) is 0. The van der Waals surface area contributed by atoms with Crippen molar-refractivity contribution >= 4 is 15.9 Å². The molecule has 0 bridgehead atoms. The van der Waals surface area contributed by atoms with Crippen molar-refractivity contribution in [2.24, 2.45) is 11.3 Å². The van der Waals surface area contributed by atoms with Gasteiger partial charge in [0.15, 0.2) is 0 Å². The van der Waals surface area contributed by atoms with E-state index >= 15 is 0 Å². The lowest BCUT2D eigenvalue weighted by Gasteiger charge is -2.39. The van der Waals surface area contributed by atoms with Crippen LogP contribution in [-0.4, -0.2) is 29.4 Å². The summed E-state index contributed by atoms with van der Waals surface area (Å²) in [6.45, 7) is 2.78. The molecule has 2 heteroatoms. The van der Waals surface area contributed by atoms with Crippen LogP contribution in [-0.2, 0) is 0 Å². The topological polar surface area (TPSA) is 3.24 Å². The lowest BCUT2D eigenvalue weighted by Crippen LogP contribution is -2.43. The molecule has 0 radical (unpaired) electrons. The number of halogens is 1. The Hall–Kier alpha value is 0.440. The maximum Gasteiger partial charge on any atom is 0.0124 e. The van der Waals surface area contributed by atoms with E-state index in [1.807, 2.05) is 0 Å². The molecule has 1 aliphatic heterocycles. The number of hydrogen-bond acceptors (Lipinski definition) is 1. The van der Waals surface area contributed by atoms with Gasteiger partial charge in [-0.25, -0.2) is 0 Å². The first-order chi connectivity index (χ1) is 9.33. The molecule has 1 saturated heterocycles. The highest BCUT2D eigenvalue weighted by Crippen LogP contribution is 2.42. The molecule has 0 aromatic carbocycles. The fraction of sp³-hybridized carbons (Fsp3) is 1.00. The first-order valence-electron chi connectivity index (χ1n) is 8.63. The lowest BCUT2D eigenvalue weighted by molar-refractivity contribution is 0.112. The molecule has 0 aromatic heterocycles. The number of rotatable bonds is 3. The normalized spacial score (nSPS) is 35.8. The van der Waals surface area contributed by atoms with E-state index < -0.39 is 0 Å². The molecule has 110 valence electrons. The molecule has 2 atom stereocenters. The summed E-state index contributed by atoms with van der Waals surface area (Å²) in [4.78, 5) is 2.90. The van der Waals surface area contributed by atoms with Gasteiger partial charge in [-0.3, -0.25) is 4.90 Å². The first-order valence-corrected chi connectivity index (χ1v) is 9.75. The van der Waals surface area contributed by atoms with E-state index in [-0.39, 0.29) is 0 Å². The van der Waals surface area contributed by atoms with E-state index in [0.717, 1.165) is 12.0 Å². The molecule has 3 fully saturated rings. The van der Waals surface area contributed by atoms with Gasteiger partial charge in [0.05, 0.1) is 0 Å². The Bertz CT molecular complexity index is 283. The summed E-state index contributed by atoms with van der Waals surface area (Å²) in [5, 5.41) is 1.23. The fourth-order valence-electron chi connectivity index (χ4n) is 4.94. The number of fused-ring (bicyclic) bond motifs is 1. The Morgan fingerprint density at radius 2 is 1.63 bits per heavy atom. The van der Waals surface area contributed by atoms with Crippen LogP contribution in [0.3, 0.4) is 0 Å². The predicted molar refractivity (Wildman–Crippen MR) is 85.9 cm³/mol. The summed E-state index contributed by atoms with van der Waals surface area (Å²) in [6.07, 6.45) is 16.3. The Morgan fingerprint density at radius 3 is 2.37 bits per heavy atom. The van der Waals surface area contributed by atoms with Crippen LogP contribution < -0.4 is 0 Å². The van der Waals surface area contributed by atoms with Crippen molar-refractivity contribution in [1.29, 1.82) is 0 Å². The Kier molecular flexibility index (Phi) is 4.90. The van der Waals surface area contributed by atoms with Gasteiger partial charge in [0.1, 0.15) is 0 Å². The molecule has 3 rings (SSSR count). The van der Waals surface area contributed by atoms with E-state index in [9.17, 15) is 0 Å². The van der Waals surface area contributed by atoms with E-state index in [1.165, 1.54) is 89.0 Å². The van der Waals surface area contributed by atoms with Crippen molar-refractivity contribution in [3.63, 3.8) is 0 Å². The number of nitrogens with zero attached hydrogens (tertiary/aromatic N) is 1. The second kappa shape index (κ2) is 6.47. The summed E-state index contributed by atoms with van der Waals surface area (Å²) >= 11 is 3.87. The summed E-state index contributed by atoms with van der Waals surface area (Å²) in [5.41, 5.74) is 0.600. The zero-order valence-electron chi connectivity index (χ0n) is 12.4. The highest BCUT2D eigenvalue weighted by atomic mass is 79.9. The molecule has 0 N–H and O–H groups in total. The molecule has 2 unspecified atom stereocenters. The van der Waals surface area contributed by atoms with Gasteiger partial charge < -0.3 is 0 Å². The minimum Gasteiger partial charge on any atom is -0.300 e. The quantitative estimate of drug-likeness (QED) is 0.521. The summed E-state index contributed by atoms with van der Waals surface area (Å²) in [5.74, 6) is 1.05. The van der Waals surface area contributed by atoms with Gasteiger partial charge in [0, 0.05) is 17.9 Å². The van der Waals surface area contributed by atoms with Crippen molar-refractivity contribution in [3.8, 4) is 0 Å². The third kappa shape index (κ3) is 3.20. The maximum absolute atomic E-state index is 3.87. The van der Waals surface area contributed by atoms with E-state index in [4.69, 9.17) is 0 Å². The van der Waals surface area contributed by atoms with E-state index in [1.54, 1.807) is 0 Å². The van der Waals surface area contributed by atoms with Crippen LogP contribution >= 0.6 is 15.9 Å².